The van der Waals surface area contributed by atoms with E-state index in [1.54, 1.807) is 12.7 Å². The van der Waals surface area contributed by atoms with Crippen LogP contribution in [-0.2, 0) is 13.0 Å². The van der Waals surface area contributed by atoms with Crippen LogP contribution in [-0.4, -0.2) is 21.3 Å². The number of aryl methyl sites for hydroxylation is 1. The number of nitrogens with zero attached hydrogens (tertiary/aromatic N) is 3. The molecule has 16 heavy (non-hydrogen) atoms. The minimum absolute atomic E-state index is 0.743. The Labute approximate surface area is 95.1 Å². The van der Waals surface area contributed by atoms with Crippen LogP contribution in [0.15, 0.2) is 36.9 Å². The molecule has 2 rings (SSSR count). The maximum Gasteiger partial charge on any atom is 0.137 e. The van der Waals surface area contributed by atoms with Gasteiger partial charge in [-0.3, -0.25) is 0 Å². The van der Waals surface area contributed by atoms with Gasteiger partial charge in [-0.1, -0.05) is 24.3 Å². The Morgan fingerprint density at radius 2 is 2.12 bits per heavy atom. The van der Waals surface area contributed by atoms with Crippen molar-refractivity contribution >= 4 is 0 Å². The molecule has 0 bridgehead atoms. The summed E-state index contributed by atoms with van der Waals surface area (Å²) in [5, 5.41) is 4.09. The maximum absolute atomic E-state index is 5.50. The minimum Gasteiger partial charge on any atom is -0.330 e. The Balaban J connectivity index is 2.04. The monoisotopic (exact) mass is 216 g/mol. The molecule has 0 fully saturated rings. The third-order valence-corrected chi connectivity index (χ3v) is 2.47. The number of rotatable bonds is 5. The first kappa shape index (κ1) is 10.8. The Kier molecular flexibility index (Phi) is 3.66. The van der Waals surface area contributed by atoms with Crippen LogP contribution in [0, 0.1) is 0 Å². The van der Waals surface area contributed by atoms with E-state index < -0.39 is 0 Å². The van der Waals surface area contributed by atoms with Gasteiger partial charge >= 0.3 is 0 Å². The zero-order chi connectivity index (χ0) is 11.2. The van der Waals surface area contributed by atoms with Crippen LogP contribution in [0.2, 0.25) is 0 Å². The number of benzene rings is 1. The van der Waals surface area contributed by atoms with E-state index >= 15 is 0 Å². The van der Waals surface area contributed by atoms with Crippen LogP contribution in [0.4, 0.5) is 0 Å². The molecule has 2 aromatic rings. The summed E-state index contributed by atoms with van der Waals surface area (Å²) in [6, 6.07) is 8.53. The SMILES string of the molecule is NCCCc1cccc(Cn2cncn2)c1. The third kappa shape index (κ3) is 2.90. The van der Waals surface area contributed by atoms with Crippen molar-refractivity contribution in [1.82, 2.24) is 14.8 Å². The van der Waals surface area contributed by atoms with Crippen LogP contribution < -0.4 is 5.73 Å². The average molecular weight is 216 g/mol. The molecule has 0 saturated carbocycles. The fraction of sp³-hybridized carbons (Fsp3) is 0.333. The van der Waals surface area contributed by atoms with Crippen LogP contribution in [0.3, 0.4) is 0 Å². The first-order valence-electron chi connectivity index (χ1n) is 5.49. The van der Waals surface area contributed by atoms with Gasteiger partial charge in [0.15, 0.2) is 0 Å². The van der Waals surface area contributed by atoms with Gasteiger partial charge in [-0.25, -0.2) is 9.67 Å². The largest absolute Gasteiger partial charge is 0.330 e. The van der Waals surface area contributed by atoms with Crippen molar-refractivity contribution in [3.8, 4) is 0 Å². The van der Waals surface area contributed by atoms with Crippen molar-refractivity contribution in [3.05, 3.63) is 48.0 Å². The summed E-state index contributed by atoms with van der Waals surface area (Å²) in [5.41, 5.74) is 8.09. The molecule has 0 spiro atoms. The van der Waals surface area contributed by atoms with E-state index in [1.165, 1.54) is 11.1 Å². The summed E-state index contributed by atoms with van der Waals surface area (Å²) in [6.45, 7) is 1.52. The molecule has 0 amide bonds. The normalized spacial score (nSPS) is 10.6. The van der Waals surface area contributed by atoms with Crippen molar-refractivity contribution in [2.24, 2.45) is 5.73 Å². The topological polar surface area (TPSA) is 56.7 Å². The second kappa shape index (κ2) is 5.42. The van der Waals surface area contributed by atoms with Gasteiger partial charge in [-0.2, -0.15) is 5.10 Å². The fourth-order valence-corrected chi connectivity index (χ4v) is 1.69. The highest BCUT2D eigenvalue weighted by Crippen LogP contribution is 2.08. The highest BCUT2D eigenvalue weighted by atomic mass is 15.3. The molecule has 0 saturated heterocycles. The molecule has 0 radical (unpaired) electrons. The Morgan fingerprint density at radius 1 is 1.25 bits per heavy atom. The van der Waals surface area contributed by atoms with Gasteiger partial charge in [0.05, 0.1) is 6.54 Å². The van der Waals surface area contributed by atoms with Crippen molar-refractivity contribution in [1.29, 1.82) is 0 Å². The van der Waals surface area contributed by atoms with Gasteiger partial charge in [0.25, 0.3) is 0 Å². The predicted octanol–water partition coefficient (Wildman–Crippen LogP) is 1.22. The fourth-order valence-electron chi connectivity index (χ4n) is 1.69. The van der Waals surface area contributed by atoms with E-state index in [-0.39, 0.29) is 0 Å². The first-order valence-corrected chi connectivity index (χ1v) is 5.49. The van der Waals surface area contributed by atoms with E-state index in [0.717, 1.165) is 25.9 Å². The van der Waals surface area contributed by atoms with E-state index in [9.17, 15) is 0 Å². The Bertz CT molecular complexity index is 422. The Hall–Kier alpha value is -1.68. The molecule has 0 aliphatic heterocycles. The van der Waals surface area contributed by atoms with Crippen molar-refractivity contribution in [3.63, 3.8) is 0 Å². The van der Waals surface area contributed by atoms with Gasteiger partial charge in [-0.15, -0.1) is 0 Å². The summed E-state index contributed by atoms with van der Waals surface area (Å²) >= 11 is 0. The molecular formula is C12H16N4. The summed E-state index contributed by atoms with van der Waals surface area (Å²) in [6.07, 6.45) is 5.36. The number of hydrogen-bond acceptors (Lipinski definition) is 3. The molecule has 4 nitrogen and oxygen atoms in total. The molecule has 0 aliphatic carbocycles. The molecule has 1 aromatic carbocycles. The number of hydrogen-bond donors (Lipinski definition) is 1. The lowest BCUT2D eigenvalue weighted by atomic mass is 10.1. The second-order valence-corrected chi connectivity index (χ2v) is 3.81. The van der Waals surface area contributed by atoms with E-state index in [2.05, 4.69) is 34.3 Å². The first-order chi connectivity index (χ1) is 7.88. The summed E-state index contributed by atoms with van der Waals surface area (Å²) in [4.78, 5) is 3.93. The number of nitrogens with two attached hydrogens (primary N) is 1. The summed E-state index contributed by atoms with van der Waals surface area (Å²) in [5.74, 6) is 0. The molecule has 0 atom stereocenters. The van der Waals surface area contributed by atoms with Crippen molar-refractivity contribution in [2.75, 3.05) is 6.54 Å². The lowest BCUT2D eigenvalue weighted by Gasteiger charge is -2.04. The van der Waals surface area contributed by atoms with E-state index in [1.807, 2.05) is 4.68 Å². The molecule has 0 unspecified atom stereocenters. The van der Waals surface area contributed by atoms with Crippen LogP contribution in [0.25, 0.3) is 0 Å². The number of aromatic nitrogens is 3. The Morgan fingerprint density at radius 3 is 2.88 bits per heavy atom. The van der Waals surface area contributed by atoms with Gasteiger partial charge in [-0.05, 0) is 30.5 Å². The van der Waals surface area contributed by atoms with Crippen molar-refractivity contribution < 1.29 is 0 Å². The molecular weight excluding hydrogens is 200 g/mol. The van der Waals surface area contributed by atoms with Crippen molar-refractivity contribution in [2.45, 2.75) is 19.4 Å². The molecule has 0 aliphatic rings. The molecule has 1 heterocycles. The molecule has 84 valence electrons. The average Bonchev–Trinajstić information content (AvgIpc) is 2.80. The van der Waals surface area contributed by atoms with Gasteiger partial charge in [0.1, 0.15) is 12.7 Å². The minimum atomic E-state index is 0.743. The molecule has 2 N–H and O–H groups in total. The van der Waals surface area contributed by atoms with Gasteiger partial charge in [0.2, 0.25) is 0 Å². The van der Waals surface area contributed by atoms with E-state index in [4.69, 9.17) is 5.73 Å². The third-order valence-electron chi connectivity index (χ3n) is 2.47. The van der Waals surface area contributed by atoms with Crippen LogP contribution in [0.1, 0.15) is 17.5 Å². The van der Waals surface area contributed by atoms with Gasteiger partial charge < -0.3 is 5.73 Å². The standard InChI is InChI=1S/C12H16N4/c13-6-2-5-11-3-1-4-12(7-11)8-16-10-14-9-15-16/h1,3-4,7,9-10H,2,5-6,8,13H2. The van der Waals surface area contributed by atoms with Crippen LogP contribution >= 0.6 is 0 Å². The van der Waals surface area contributed by atoms with Gasteiger partial charge in [0, 0.05) is 0 Å². The summed E-state index contributed by atoms with van der Waals surface area (Å²) in [7, 11) is 0. The predicted molar refractivity (Wildman–Crippen MR) is 62.9 cm³/mol. The lowest BCUT2D eigenvalue weighted by molar-refractivity contribution is 0.683. The van der Waals surface area contributed by atoms with E-state index in [0.29, 0.717) is 0 Å². The second-order valence-electron chi connectivity index (χ2n) is 3.81. The smallest absolute Gasteiger partial charge is 0.137 e. The highest BCUT2D eigenvalue weighted by molar-refractivity contribution is 5.23. The molecule has 1 aromatic heterocycles. The highest BCUT2D eigenvalue weighted by Gasteiger charge is 1.98. The zero-order valence-electron chi connectivity index (χ0n) is 9.21. The summed E-state index contributed by atoms with van der Waals surface area (Å²) < 4.78 is 1.82. The zero-order valence-corrected chi connectivity index (χ0v) is 9.21. The molecule has 4 heteroatoms. The maximum atomic E-state index is 5.50. The quantitative estimate of drug-likeness (QED) is 0.817. The van der Waals surface area contributed by atoms with Crippen LogP contribution in [0.5, 0.6) is 0 Å². The lowest BCUT2D eigenvalue weighted by Crippen LogP contribution is -2.02.